The number of carbonyl (C=O) groups is 2. The third kappa shape index (κ3) is 4.05. The van der Waals surface area contributed by atoms with Crippen molar-refractivity contribution in [3.05, 3.63) is 22.7 Å². The number of carbonyl (C=O) groups excluding carboxylic acids is 2. The number of amides is 1. The van der Waals surface area contributed by atoms with E-state index in [1.165, 1.54) is 6.07 Å². The van der Waals surface area contributed by atoms with Crippen LogP contribution in [0.25, 0.3) is 0 Å². The molecule has 1 aromatic rings. The average molecular weight is 410 g/mol. The molecule has 0 bridgehead atoms. The Labute approximate surface area is 168 Å². The smallest absolute Gasteiger partial charge is 0.338 e. The molecule has 2 atom stereocenters. The number of hydrogen-bond donors (Lipinski definition) is 0. The van der Waals surface area contributed by atoms with Crippen LogP contribution in [-0.2, 0) is 14.3 Å². The van der Waals surface area contributed by atoms with E-state index in [0.29, 0.717) is 37.9 Å². The average Bonchev–Trinajstić information content (AvgIpc) is 2.97. The number of morpholine rings is 1. The number of esters is 1. The molecule has 0 spiro atoms. The van der Waals surface area contributed by atoms with Crippen molar-refractivity contribution in [3.8, 4) is 11.5 Å². The Balaban J connectivity index is 1.39. The van der Waals surface area contributed by atoms with Crippen molar-refractivity contribution < 1.29 is 28.5 Å². The molecule has 1 saturated heterocycles. The number of rotatable bonds is 3. The summed E-state index contributed by atoms with van der Waals surface area (Å²) in [4.78, 5) is 26.9. The fourth-order valence-electron chi connectivity index (χ4n) is 4.05. The topological polar surface area (TPSA) is 74.3 Å². The Bertz CT molecular complexity index is 752. The van der Waals surface area contributed by atoms with Crippen LogP contribution in [0.3, 0.4) is 0 Å². The monoisotopic (exact) mass is 409 g/mol. The van der Waals surface area contributed by atoms with Crippen LogP contribution in [0.15, 0.2) is 12.1 Å². The predicted molar refractivity (Wildman–Crippen MR) is 101 cm³/mol. The number of benzene rings is 1. The van der Waals surface area contributed by atoms with Crippen LogP contribution in [-0.4, -0.2) is 61.9 Å². The van der Waals surface area contributed by atoms with Crippen molar-refractivity contribution in [2.45, 2.75) is 44.2 Å². The molecule has 0 N–H and O–H groups in total. The van der Waals surface area contributed by atoms with Crippen molar-refractivity contribution >= 4 is 23.5 Å². The molecule has 3 aliphatic rings. The maximum atomic E-state index is 12.7. The predicted octanol–water partition coefficient (Wildman–Crippen LogP) is 2.83. The molecule has 1 aliphatic carbocycles. The highest BCUT2D eigenvalue weighted by Crippen LogP contribution is 2.38. The summed E-state index contributed by atoms with van der Waals surface area (Å²) in [5.41, 5.74) is 0.236. The summed E-state index contributed by atoms with van der Waals surface area (Å²) in [6.45, 7) is 1.76. The molecular formula is C20H24ClNO6. The fraction of sp³-hybridized carbons (Fsp3) is 0.600. The van der Waals surface area contributed by atoms with E-state index in [0.717, 1.165) is 32.1 Å². The molecule has 2 heterocycles. The second kappa shape index (κ2) is 8.57. The van der Waals surface area contributed by atoms with E-state index >= 15 is 0 Å². The first-order valence-electron chi connectivity index (χ1n) is 9.81. The minimum atomic E-state index is -0.612. The summed E-state index contributed by atoms with van der Waals surface area (Å²) < 4.78 is 22.2. The van der Waals surface area contributed by atoms with Gasteiger partial charge in [-0.15, -0.1) is 0 Å². The van der Waals surface area contributed by atoms with Crippen molar-refractivity contribution in [1.29, 1.82) is 0 Å². The summed E-state index contributed by atoms with van der Waals surface area (Å²) in [6, 6.07) is 3.11. The highest BCUT2D eigenvalue weighted by molar-refractivity contribution is 6.32. The highest BCUT2D eigenvalue weighted by atomic mass is 35.5. The van der Waals surface area contributed by atoms with E-state index in [2.05, 4.69) is 0 Å². The molecule has 28 heavy (non-hydrogen) atoms. The molecule has 0 radical (unpaired) electrons. The van der Waals surface area contributed by atoms with Gasteiger partial charge in [-0.3, -0.25) is 4.79 Å². The zero-order chi connectivity index (χ0) is 19.5. The minimum absolute atomic E-state index is 0.0844. The molecule has 2 aliphatic heterocycles. The van der Waals surface area contributed by atoms with Gasteiger partial charge in [0.1, 0.15) is 0 Å². The van der Waals surface area contributed by atoms with Crippen molar-refractivity contribution in [2.24, 2.45) is 0 Å². The number of halogens is 1. The van der Waals surface area contributed by atoms with Gasteiger partial charge in [0.2, 0.25) is 0 Å². The lowest BCUT2D eigenvalue weighted by Crippen LogP contribution is -2.55. The lowest BCUT2D eigenvalue weighted by Gasteiger charge is -2.43. The lowest BCUT2D eigenvalue weighted by atomic mass is 9.90. The maximum absolute atomic E-state index is 12.7. The van der Waals surface area contributed by atoms with Gasteiger partial charge in [0.05, 0.1) is 42.6 Å². The maximum Gasteiger partial charge on any atom is 0.338 e. The molecule has 1 saturated carbocycles. The van der Waals surface area contributed by atoms with Crippen LogP contribution >= 0.6 is 11.6 Å². The molecule has 1 aromatic carbocycles. The van der Waals surface area contributed by atoms with Gasteiger partial charge in [-0.05, 0) is 25.0 Å². The first kappa shape index (κ1) is 19.3. The first-order valence-corrected chi connectivity index (χ1v) is 10.2. The second-order valence-corrected chi connectivity index (χ2v) is 7.67. The summed E-state index contributed by atoms with van der Waals surface area (Å²) in [7, 11) is 0. The van der Waals surface area contributed by atoms with E-state index in [-0.39, 0.29) is 35.2 Å². The summed E-state index contributed by atoms with van der Waals surface area (Å²) in [6.07, 6.45) is 4.96. The number of fused-ring (bicyclic) bond motifs is 2. The van der Waals surface area contributed by atoms with Crippen molar-refractivity contribution in [3.63, 3.8) is 0 Å². The third-order valence-electron chi connectivity index (χ3n) is 5.42. The van der Waals surface area contributed by atoms with Crippen LogP contribution in [0.5, 0.6) is 11.5 Å². The van der Waals surface area contributed by atoms with Gasteiger partial charge in [0.15, 0.2) is 18.1 Å². The van der Waals surface area contributed by atoms with Gasteiger partial charge >= 0.3 is 5.97 Å². The summed E-state index contributed by atoms with van der Waals surface area (Å²) >= 11 is 6.22. The number of hydrogen-bond acceptors (Lipinski definition) is 6. The minimum Gasteiger partial charge on any atom is -0.489 e. The normalized spacial score (nSPS) is 24.1. The largest absolute Gasteiger partial charge is 0.489 e. The van der Waals surface area contributed by atoms with Crippen LogP contribution in [0.1, 0.15) is 42.5 Å². The Morgan fingerprint density at radius 1 is 1.11 bits per heavy atom. The molecule has 7 nitrogen and oxygen atoms in total. The van der Waals surface area contributed by atoms with E-state index in [4.69, 9.17) is 30.5 Å². The molecular weight excluding hydrogens is 386 g/mol. The quantitative estimate of drug-likeness (QED) is 0.715. The van der Waals surface area contributed by atoms with E-state index < -0.39 is 5.97 Å². The van der Waals surface area contributed by atoms with Crippen LogP contribution in [0, 0.1) is 0 Å². The first-order chi connectivity index (χ1) is 13.6. The molecule has 152 valence electrons. The van der Waals surface area contributed by atoms with E-state index in [1.54, 1.807) is 6.07 Å². The molecule has 2 fully saturated rings. The molecule has 4 rings (SSSR count). The Morgan fingerprint density at radius 3 is 2.82 bits per heavy atom. The molecule has 0 unspecified atom stereocenters. The van der Waals surface area contributed by atoms with E-state index in [1.807, 2.05) is 4.90 Å². The molecule has 1 amide bonds. The van der Waals surface area contributed by atoms with Crippen molar-refractivity contribution in [1.82, 2.24) is 4.90 Å². The van der Waals surface area contributed by atoms with Gasteiger partial charge in [-0.25, -0.2) is 4.79 Å². The Hall–Kier alpha value is -1.99. The summed E-state index contributed by atoms with van der Waals surface area (Å²) in [5, 5.41) is 0.288. The zero-order valence-corrected chi connectivity index (χ0v) is 16.4. The van der Waals surface area contributed by atoms with Gasteiger partial charge in [-0.2, -0.15) is 0 Å². The van der Waals surface area contributed by atoms with Gasteiger partial charge < -0.3 is 23.8 Å². The number of nitrogens with zero attached hydrogens (tertiary/aromatic N) is 1. The third-order valence-corrected chi connectivity index (χ3v) is 5.70. The molecule has 0 aromatic heterocycles. The van der Waals surface area contributed by atoms with Crippen LogP contribution < -0.4 is 9.47 Å². The lowest BCUT2D eigenvalue weighted by molar-refractivity contribution is -0.152. The Kier molecular flexibility index (Phi) is 5.92. The zero-order valence-electron chi connectivity index (χ0n) is 15.7. The number of ether oxygens (including phenoxy) is 4. The molecule has 8 heteroatoms. The van der Waals surface area contributed by atoms with E-state index in [9.17, 15) is 9.59 Å². The standard InChI is InChI=1S/C20H24ClNO6/c21-14-10-13(11-17-19(14)27-8-3-7-25-17)20(24)28-12-18(23)22-6-9-26-16-5-2-1-4-15(16)22/h10-11,15-16H,1-9,12H2/t15-,16+/m0/s1. The van der Waals surface area contributed by atoms with Gasteiger partial charge in [-0.1, -0.05) is 24.4 Å². The van der Waals surface area contributed by atoms with Crippen LogP contribution in [0.2, 0.25) is 5.02 Å². The highest BCUT2D eigenvalue weighted by Gasteiger charge is 2.36. The second-order valence-electron chi connectivity index (χ2n) is 7.26. The summed E-state index contributed by atoms with van der Waals surface area (Å²) in [5.74, 6) is 0.0540. The van der Waals surface area contributed by atoms with Crippen LogP contribution in [0.4, 0.5) is 0 Å². The fourth-order valence-corrected chi connectivity index (χ4v) is 4.31. The Morgan fingerprint density at radius 2 is 1.93 bits per heavy atom. The van der Waals surface area contributed by atoms with Crippen molar-refractivity contribution in [2.75, 3.05) is 33.0 Å². The van der Waals surface area contributed by atoms with Gasteiger partial charge in [0, 0.05) is 13.0 Å². The van der Waals surface area contributed by atoms with Gasteiger partial charge in [0.25, 0.3) is 5.91 Å². The SMILES string of the molecule is O=C(OCC(=O)N1CCO[C@@H]2CCCC[C@@H]21)c1cc(Cl)c2c(c1)OCCCO2.